The van der Waals surface area contributed by atoms with Crippen molar-refractivity contribution in [1.82, 2.24) is 25.3 Å². The average Bonchev–Trinajstić information content (AvgIpc) is 3.02. The molecule has 2 amide bonds. The van der Waals surface area contributed by atoms with Crippen LogP contribution in [0.15, 0.2) is 42.9 Å². The minimum atomic E-state index is -1.15. The molecule has 0 radical (unpaired) electrons. The number of carbonyl (C=O) groups is 2. The van der Waals surface area contributed by atoms with Gasteiger partial charge in [-0.05, 0) is 12.1 Å². The van der Waals surface area contributed by atoms with Gasteiger partial charge in [0, 0.05) is 12.4 Å². The zero-order valence-corrected chi connectivity index (χ0v) is 12.4. The molecule has 0 aliphatic carbocycles. The Morgan fingerprint density at radius 1 is 1.25 bits per heavy atom. The van der Waals surface area contributed by atoms with Crippen molar-refractivity contribution in [3.05, 3.63) is 48.5 Å². The van der Waals surface area contributed by atoms with Gasteiger partial charge in [-0.2, -0.15) is 0 Å². The molecule has 24 heavy (non-hydrogen) atoms. The van der Waals surface area contributed by atoms with Crippen molar-refractivity contribution in [1.29, 1.82) is 0 Å². The Morgan fingerprint density at radius 2 is 2.08 bits per heavy atom. The molecule has 3 rings (SSSR count). The SMILES string of the molecule is O=C(N[C@@H](CO)C(=O)Nc1nc2ccccc2[nH]1)c1cnccn1. The molecule has 9 nitrogen and oxygen atoms in total. The second-order valence-electron chi connectivity index (χ2n) is 4.89. The van der Waals surface area contributed by atoms with Crippen LogP contribution in [0.3, 0.4) is 0 Å². The summed E-state index contributed by atoms with van der Waals surface area (Å²) in [6, 6.07) is 6.13. The number of carbonyl (C=O) groups excluding carboxylic acids is 2. The number of rotatable bonds is 5. The van der Waals surface area contributed by atoms with Crippen LogP contribution in [0.25, 0.3) is 11.0 Å². The number of nitrogens with one attached hydrogen (secondary N) is 3. The summed E-state index contributed by atoms with van der Waals surface area (Å²) in [7, 11) is 0. The minimum absolute atomic E-state index is 0.0486. The third kappa shape index (κ3) is 3.36. The average molecular weight is 326 g/mol. The third-order valence-electron chi connectivity index (χ3n) is 3.23. The molecule has 0 aliphatic heterocycles. The Bertz CT molecular complexity index is 831. The van der Waals surface area contributed by atoms with Crippen LogP contribution in [0.5, 0.6) is 0 Å². The lowest BCUT2D eigenvalue weighted by atomic mass is 10.2. The lowest BCUT2D eigenvalue weighted by molar-refractivity contribution is -0.118. The molecule has 0 aliphatic rings. The monoisotopic (exact) mass is 326 g/mol. The number of H-pyrrole nitrogens is 1. The Kier molecular flexibility index (Phi) is 4.43. The predicted octanol–water partition coefficient (Wildman–Crippen LogP) is 0.0823. The van der Waals surface area contributed by atoms with Crippen LogP contribution in [-0.4, -0.2) is 49.5 Å². The Hall–Kier alpha value is -3.33. The number of amides is 2. The third-order valence-corrected chi connectivity index (χ3v) is 3.23. The molecule has 3 aromatic rings. The van der Waals surface area contributed by atoms with Gasteiger partial charge < -0.3 is 15.4 Å². The summed E-state index contributed by atoms with van der Waals surface area (Å²) in [5, 5.41) is 14.3. The van der Waals surface area contributed by atoms with E-state index in [4.69, 9.17) is 0 Å². The first-order valence-corrected chi connectivity index (χ1v) is 7.10. The zero-order chi connectivity index (χ0) is 16.9. The Morgan fingerprint density at radius 3 is 2.79 bits per heavy atom. The van der Waals surface area contributed by atoms with Gasteiger partial charge in [0.05, 0.1) is 23.8 Å². The molecule has 0 saturated carbocycles. The van der Waals surface area contributed by atoms with Crippen molar-refractivity contribution in [2.45, 2.75) is 6.04 Å². The standard InChI is InChI=1S/C15H14N6O3/c22-8-12(18-13(23)11-7-16-5-6-17-11)14(24)21-15-19-9-3-1-2-4-10(9)20-15/h1-7,12,22H,8H2,(H,18,23)(H2,19,20,21,24)/t12-/m0/s1. The largest absolute Gasteiger partial charge is 0.394 e. The summed E-state index contributed by atoms with van der Waals surface area (Å²) in [5.74, 6) is -0.982. The zero-order valence-electron chi connectivity index (χ0n) is 12.4. The molecular formula is C15H14N6O3. The summed E-state index contributed by atoms with van der Waals surface area (Å²) >= 11 is 0. The smallest absolute Gasteiger partial charge is 0.272 e. The molecular weight excluding hydrogens is 312 g/mol. The van der Waals surface area contributed by atoms with E-state index in [0.717, 1.165) is 5.52 Å². The van der Waals surface area contributed by atoms with Crippen molar-refractivity contribution in [2.24, 2.45) is 0 Å². The highest BCUT2D eigenvalue weighted by Gasteiger charge is 2.22. The molecule has 2 heterocycles. The summed E-state index contributed by atoms with van der Waals surface area (Å²) in [4.78, 5) is 38.9. The van der Waals surface area contributed by atoms with Gasteiger partial charge in [0.15, 0.2) is 0 Å². The molecule has 0 spiro atoms. The molecule has 1 aromatic carbocycles. The number of imidazole rings is 1. The van der Waals surface area contributed by atoms with Crippen LogP contribution in [-0.2, 0) is 4.79 Å². The van der Waals surface area contributed by atoms with Gasteiger partial charge in [-0.25, -0.2) is 9.97 Å². The first kappa shape index (κ1) is 15.6. The van der Waals surface area contributed by atoms with Crippen molar-refractivity contribution in [2.75, 3.05) is 11.9 Å². The first-order valence-electron chi connectivity index (χ1n) is 7.10. The molecule has 0 saturated heterocycles. The van der Waals surface area contributed by atoms with Crippen LogP contribution in [0.2, 0.25) is 0 Å². The highest BCUT2D eigenvalue weighted by Crippen LogP contribution is 2.13. The van der Waals surface area contributed by atoms with E-state index in [-0.39, 0.29) is 11.6 Å². The molecule has 0 bridgehead atoms. The van der Waals surface area contributed by atoms with E-state index in [9.17, 15) is 14.7 Å². The molecule has 9 heteroatoms. The van der Waals surface area contributed by atoms with Crippen LogP contribution >= 0.6 is 0 Å². The number of benzene rings is 1. The number of aromatic nitrogens is 4. The molecule has 2 aromatic heterocycles. The first-order chi connectivity index (χ1) is 11.7. The fourth-order valence-electron chi connectivity index (χ4n) is 2.06. The molecule has 0 unspecified atom stereocenters. The van der Waals surface area contributed by atoms with Crippen LogP contribution < -0.4 is 10.6 Å². The number of para-hydroxylation sites is 2. The number of nitrogens with zero attached hydrogens (tertiary/aromatic N) is 3. The second kappa shape index (κ2) is 6.84. The maximum atomic E-state index is 12.2. The molecule has 1 atom stereocenters. The number of aromatic amines is 1. The predicted molar refractivity (Wildman–Crippen MR) is 85.1 cm³/mol. The van der Waals surface area contributed by atoms with Gasteiger partial charge in [-0.3, -0.25) is 19.9 Å². The van der Waals surface area contributed by atoms with Gasteiger partial charge in [-0.15, -0.1) is 0 Å². The van der Waals surface area contributed by atoms with Crippen molar-refractivity contribution >= 4 is 28.8 Å². The molecule has 122 valence electrons. The van der Waals surface area contributed by atoms with E-state index < -0.39 is 24.5 Å². The summed E-state index contributed by atoms with van der Waals surface area (Å²) in [6.45, 7) is -0.571. The van der Waals surface area contributed by atoms with Crippen LogP contribution in [0.4, 0.5) is 5.95 Å². The number of hydrogen-bond donors (Lipinski definition) is 4. The topological polar surface area (TPSA) is 133 Å². The van der Waals surface area contributed by atoms with Gasteiger partial charge >= 0.3 is 0 Å². The highest BCUT2D eigenvalue weighted by atomic mass is 16.3. The van der Waals surface area contributed by atoms with E-state index in [1.165, 1.54) is 18.6 Å². The van der Waals surface area contributed by atoms with E-state index >= 15 is 0 Å². The number of fused-ring (bicyclic) bond motifs is 1. The van der Waals surface area contributed by atoms with Crippen LogP contribution in [0, 0.1) is 0 Å². The molecule has 4 N–H and O–H groups in total. The number of hydrogen-bond acceptors (Lipinski definition) is 6. The minimum Gasteiger partial charge on any atom is -0.394 e. The normalized spacial score (nSPS) is 11.9. The number of anilines is 1. The number of aliphatic hydroxyl groups excluding tert-OH is 1. The Labute approximate surface area is 136 Å². The fraction of sp³-hybridized carbons (Fsp3) is 0.133. The van der Waals surface area contributed by atoms with Crippen molar-refractivity contribution < 1.29 is 14.7 Å². The van der Waals surface area contributed by atoms with Gasteiger partial charge in [-0.1, -0.05) is 12.1 Å². The fourth-order valence-corrected chi connectivity index (χ4v) is 2.06. The van der Waals surface area contributed by atoms with E-state index in [1.54, 1.807) is 6.07 Å². The van der Waals surface area contributed by atoms with Gasteiger partial charge in [0.25, 0.3) is 11.8 Å². The van der Waals surface area contributed by atoms with Crippen LogP contribution in [0.1, 0.15) is 10.5 Å². The Balaban J connectivity index is 1.68. The highest BCUT2D eigenvalue weighted by molar-refractivity contribution is 6.00. The lowest BCUT2D eigenvalue weighted by Crippen LogP contribution is -2.46. The maximum Gasteiger partial charge on any atom is 0.272 e. The van der Waals surface area contributed by atoms with Gasteiger partial charge in [0.1, 0.15) is 11.7 Å². The summed E-state index contributed by atoms with van der Waals surface area (Å²) in [5.41, 5.74) is 1.50. The van der Waals surface area contributed by atoms with E-state index in [2.05, 4.69) is 30.6 Å². The van der Waals surface area contributed by atoms with E-state index in [1.807, 2.05) is 18.2 Å². The van der Waals surface area contributed by atoms with Gasteiger partial charge in [0.2, 0.25) is 5.95 Å². The number of aliphatic hydroxyl groups is 1. The van der Waals surface area contributed by atoms with Crippen molar-refractivity contribution in [3.63, 3.8) is 0 Å². The molecule has 0 fully saturated rings. The van der Waals surface area contributed by atoms with Crippen molar-refractivity contribution in [3.8, 4) is 0 Å². The lowest BCUT2D eigenvalue weighted by Gasteiger charge is -2.14. The van der Waals surface area contributed by atoms with E-state index in [0.29, 0.717) is 5.52 Å². The second-order valence-corrected chi connectivity index (χ2v) is 4.89. The summed E-state index contributed by atoms with van der Waals surface area (Å²) in [6.07, 6.45) is 4.05. The quantitative estimate of drug-likeness (QED) is 0.525. The maximum absolute atomic E-state index is 12.2. The summed E-state index contributed by atoms with van der Waals surface area (Å²) < 4.78 is 0.